The lowest BCUT2D eigenvalue weighted by molar-refractivity contribution is -0.123. The molecule has 1 fully saturated rings. The molecular formula is C13H26N2O. The van der Waals surface area contributed by atoms with Gasteiger partial charge in [0, 0.05) is 18.0 Å². The Morgan fingerprint density at radius 2 is 1.94 bits per heavy atom. The third kappa shape index (κ3) is 4.97. The minimum Gasteiger partial charge on any atom is -0.353 e. The van der Waals surface area contributed by atoms with Crippen LogP contribution in [0.4, 0.5) is 0 Å². The molecule has 1 aliphatic carbocycles. The van der Waals surface area contributed by atoms with E-state index in [1.165, 1.54) is 25.7 Å². The summed E-state index contributed by atoms with van der Waals surface area (Å²) in [4.78, 5) is 11.8. The number of rotatable bonds is 3. The Bertz CT molecular complexity index is 233. The summed E-state index contributed by atoms with van der Waals surface area (Å²) < 4.78 is 0. The molecule has 94 valence electrons. The van der Waals surface area contributed by atoms with Crippen molar-refractivity contribution in [3.63, 3.8) is 0 Å². The van der Waals surface area contributed by atoms with Gasteiger partial charge in [-0.25, -0.2) is 0 Å². The zero-order valence-corrected chi connectivity index (χ0v) is 10.9. The van der Waals surface area contributed by atoms with Crippen LogP contribution in [-0.2, 0) is 4.79 Å². The highest BCUT2D eigenvalue weighted by Gasteiger charge is 2.23. The van der Waals surface area contributed by atoms with Gasteiger partial charge in [-0.2, -0.15) is 0 Å². The van der Waals surface area contributed by atoms with E-state index in [4.69, 9.17) is 5.73 Å². The van der Waals surface area contributed by atoms with Crippen LogP contribution in [0.15, 0.2) is 0 Å². The molecule has 0 aromatic carbocycles. The summed E-state index contributed by atoms with van der Waals surface area (Å²) in [6, 6.07) is 0.359. The Hall–Kier alpha value is -0.570. The number of hydrogen-bond donors (Lipinski definition) is 2. The number of nitrogens with two attached hydrogens (primary N) is 1. The van der Waals surface area contributed by atoms with Crippen molar-refractivity contribution < 1.29 is 4.79 Å². The van der Waals surface area contributed by atoms with E-state index in [0.29, 0.717) is 18.4 Å². The van der Waals surface area contributed by atoms with E-state index in [9.17, 15) is 4.79 Å². The SMILES string of the molecule is CC1CCCCCC1NC(=O)CC(C)(C)N. The second-order valence-electron chi connectivity index (χ2n) is 5.95. The number of carbonyl (C=O) groups excluding carboxylic acids is 1. The molecule has 0 aliphatic heterocycles. The van der Waals surface area contributed by atoms with Crippen LogP contribution in [0.25, 0.3) is 0 Å². The zero-order chi connectivity index (χ0) is 12.2. The molecule has 0 heterocycles. The van der Waals surface area contributed by atoms with E-state index < -0.39 is 5.54 Å². The molecule has 0 spiro atoms. The fraction of sp³-hybridized carbons (Fsp3) is 0.923. The maximum atomic E-state index is 11.8. The maximum Gasteiger partial charge on any atom is 0.222 e. The average molecular weight is 226 g/mol. The van der Waals surface area contributed by atoms with Crippen molar-refractivity contribution in [1.82, 2.24) is 5.32 Å². The fourth-order valence-corrected chi connectivity index (χ4v) is 2.38. The molecule has 0 radical (unpaired) electrons. The summed E-state index contributed by atoms with van der Waals surface area (Å²) in [5, 5.41) is 3.15. The van der Waals surface area contributed by atoms with Crippen LogP contribution in [-0.4, -0.2) is 17.5 Å². The standard InChI is InChI=1S/C13H26N2O/c1-10-7-5-4-6-8-11(10)15-12(16)9-13(2,3)14/h10-11H,4-9,14H2,1-3H3,(H,15,16). The van der Waals surface area contributed by atoms with Gasteiger partial charge in [0.15, 0.2) is 0 Å². The number of hydrogen-bond acceptors (Lipinski definition) is 2. The quantitative estimate of drug-likeness (QED) is 0.725. The highest BCUT2D eigenvalue weighted by Crippen LogP contribution is 2.23. The third-order valence-corrected chi connectivity index (χ3v) is 3.32. The highest BCUT2D eigenvalue weighted by molar-refractivity contribution is 5.77. The molecule has 16 heavy (non-hydrogen) atoms. The van der Waals surface area contributed by atoms with Crippen LogP contribution < -0.4 is 11.1 Å². The van der Waals surface area contributed by atoms with Gasteiger partial charge in [0.05, 0.1) is 0 Å². The van der Waals surface area contributed by atoms with E-state index >= 15 is 0 Å². The zero-order valence-electron chi connectivity index (χ0n) is 10.9. The summed E-state index contributed by atoms with van der Waals surface area (Å²) in [5.74, 6) is 0.707. The lowest BCUT2D eigenvalue weighted by atomic mass is 9.95. The maximum absolute atomic E-state index is 11.8. The first-order valence-electron chi connectivity index (χ1n) is 6.47. The van der Waals surface area contributed by atoms with E-state index in [2.05, 4.69) is 12.2 Å². The fourth-order valence-electron chi connectivity index (χ4n) is 2.38. The van der Waals surface area contributed by atoms with Gasteiger partial charge in [-0.05, 0) is 32.6 Å². The van der Waals surface area contributed by atoms with Crippen LogP contribution in [0.5, 0.6) is 0 Å². The van der Waals surface area contributed by atoms with Crippen LogP contribution >= 0.6 is 0 Å². The molecule has 1 rings (SSSR count). The van der Waals surface area contributed by atoms with Gasteiger partial charge in [-0.3, -0.25) is 4.79 Å². The Morgan fingerprint density at radius 3 is 2.56 bits per heavy atom. The summed E-state index contributed by atoms with van der Waals surface area (Å²) in [7, 11) is 0. The van der Waals surface area contributed by atoms with Crippen LogP contribution in [0.1, 0.15) is 59.3 Å². The molecule has 1 amide bonds. The van der Waals surface area contributed by atoms with Gasteiger partial charge in [-0.1, -0.05) is 26.2 Å². The van der Waals surface area contributed by atoms with Crippen molar-refractivity contribution in [2.24, 2.45) is 11.7 Å². The van der Waals surface area contributed by atoms with Crippen molar-refractivity contribution in [3.8, 4) is 0 Å². The topological polar surface area (TPSA) is 55.1 Å². The first-order chi connectivity index (χ1) is 7.38. The molecule has 2 atom stereocenters. The van der Waals surface area contributed by atoms with Gasteiger partial charge >= 0.3 is 0 Å². The summed E-state index contributed by atoms with van der Waals surface area (Å²) in [5.41, 5.74) is 5.44. The molecule has 1 aliphatic rings. The molecule has 3 nitrogen and oxygen atoms in total. The number of nitrogens with one attached hydrogen (secondary N) is 1. The summed E-state index contributed by atoms with van der Waals surface area (Å²) >= 11 is 0. The molecule has 2 unspecified atom stereocenters. The van der Waals surface area contributed by atoms with Crippen LogP contribution in [0, 0.1) is 5.92 Å². The largest absolute Gasteiger partial charge is 0.353 e. The Morgan fingerprint density at radius 1 is 1.31 bits per heavy atom. The number of carbonyl (C=O) groups is 1. The van der Waals surface area contributed by atoms with E-state index in [1.807, 2.05) is 13.8 Å². The molecule has 0 saturated heterocycles. The van der Waals surface area contributed by atoms with Crippen molar-refractivity contribution in [3.05, 3.63) is 0 Å². The second-order valence-corrected chi connectivity index (χ2v) is 5.95. The smallest absolute Gasteiger partial charge is 0.222 e. The van der Waals surface area contributed by atoms with Gasteiger partial charge in [-0.15, -0.1) is 0 Å². The lowest BCUT2D eigenvalue weighted by Gasteiger charge is -2.25. The predicted molar refractivity (Wildman–Crippen MR) is 67.1 cm³/mol. The first-order valence-corrected chi connectivity index (χ1v) is 6.47. The Balaban J connectivity index is 2.42. The second kappa shape index (κ2) is 5.67. The lowest BCUT2D eigenvalue weighted by Crippen LogP contribution is -2.44. The van der Waals surface area contributed by atoms with Crippen LogP contribution in [0.2, 0.25) is 0 Å². The molecule has 1 saturated carbocycles. The molecule has 0 bridgehead atoms. The Labute approximate surface area is 99.2 Å². The number of amides is 1. The minimum absolute atomic E-state index is 0.103. The predicted octanol–water partition coefficient (Wildman–Crippen LogP) is 2.20. The van der Waals surface area contributed by atoms with Gasteiger partial charge in [0.1, 0.15) is 0 Å². The third-order valence-electron chi connectivity index (χ3n) is 3.32. The van der Waals surface area contributed by atoms with Crippen molar-refractivity contribution >= 4 is 5.91 Å². The van der Waals surface area contributed by atoms with Crippen molar-refractivity contribution in [1.29, 1.82) is 0 Å². The summed E-state index contributed by atoms with van der Waals surface area (Å²) in [6.07, 6.45) is 6.61. The summed E-state index contributed by atoms with van der Waals surface area (Å²) in [6.45, 7) is 6.02. The van der Waals surface area contributed by atoms with Gasteiger partial charge in [0.2, 0.25) is 5.91 Å². The first kappa shape index (κ1) is 13.5. The van der Waals surface area contributed by atoms with Gasteiger partial charge < -0.3 is 11.1 Å². The molecule has 3 N–H and O–H groups in total. The van der Waals surface area contributed by atoms with Crippen molar-refractivity contribution in [2.45, 2.75) is 70.9 Å². The molecule has 3 heteroatoms. The van der Waals surface area contributed by atoms with Crippen molar-refractivity contribution in [2.75, 3.05) is 0 Å². The monoisotopic (exact) mass is 226 g/mol. The molecule has 0 aromatic heterocycles. The molecule has 0 aromatic rings. The normalized spacial score (nSPS) is 27.2. The van der Waals surface area contributed by atoms with E-state index in [0.717, 1.165) is 6.42 Å². The van der Waals surface area contributed by atoms with E-state index in [-0.39, 0.29) is 5.91 Å². The molecular weight excluding hydrogens is 200 g/mol. The van der Waals surface area contributed by atoms with E-state index in [1.54, 1.807) is 0 Å². The minimum atomic E-state index is -0.405. The van der Waals surface area contributed by atoms with Crippen LogP contribution in [0.3, 0.4) is 0 Å². The average Bonchev–Trinajstić information content (AvgIpc) is 2.29. The highest BCUT2D eigenvalue weighted by atomic mass is 16.1. The Kier molecular flexibility index (Phi) is 4.78. The van der Waals surface area contributed by atoms with Gasteiger partial charge in [0.25, 0.3) is 0 Å².